The Labute approximate surface area is 236 Å². The maximum Gasteiger partial charge on any atom is 0.420 e. The lowest BCUT2D eigenvalue weighted by Gasteiger charge is -2.16. The zero-order valence-corrected chi connectivity index (χ0v) is 21.6. The first kappa shape index (κ1) is 28.4. The largest absolute Gasteiger partial charge is 0.457 e. The number of hydrogen-bond acceptors (Lipinski definition) is 4. The summed E-state index contributed by atoms with van der Waals surface area (Å²) in [6.45, 7) is 0. The Kier molecular flexibility index (Phi) is 7.47. The molecule has 4 N–H and O–H groups in total. The average Bonchev–Trinajstić information content (AvgIpc) is 2.95. The SMILES string of the molecule is Nc1ccc(Oc2ccc(-c3ccccc3-c3ccc(Oc4ccc(N)cc4C(F)(F)F)cc3)cc2)c(C(F)(F)F)c1. The van der Waals surface area contributed by atoms with Gasteiger partial charge in [-0.2, -0.15) is 26.3 Å². The smallest absolute Gasteiger partial charge is 0.420 e. The zero-order chi connectivity index (χ0) is 30.1. The molecule has 5 aromatic carbocycles. The fourth-order valence-corrected chi connectivity index (χ4v) is 4.36. The Hall–Kier alpha value is -5.12. The van der Waals surface area contributed by atoms with E-state index in [9.17, 15) is 26.3 Å². The summed E-state index contributed by atoms with van der Waals surface area (Å²) in [6, 6.07) is 27.2. The Morgan fingerprint density at radius 3 is 1.14 bits per heavy atom. The van der Waals surface area contributed by atoms with Gasteiger partial charge in [0, 0.05) is 11.4 Å². The monoisotopic (exact) mass is 580 g/mol. The molecule has 0 radical (unpaired) electrons. The maximum absolute atomic E-state index is 13.4. The number of anilines is 2. The molecule has 0 spiro atoms. The number of alkyl halides is 6. The molecule has 214 valence electrons. The van der Waals surface area contributed by atoms with Crippen LogP contribution in [0.25, 0.3) is 22.3 Å². The van der Waals surface area contributed by atoms with Crippen LogP contribution in [0.3, 0.4) is 0 Å². The van der Waals surface area contributed by atoms with E-state index in [4.69, 9.17) is 20.9 Å². The van der Waals surface area contributed by atoms with Crippen molar-refractivity contribution in [3.63, 3.8) is 0 Å². The van der Waals surface area contributed by atoms with Crippen molar-refractivity contribution < 1.29 is 35.8 Å². The molecule has 0 aliphatic carbocycles. The second kappa shape index (κ2) is 11.0. The molecule has 0 aromatic heterocycles. The summed E-state index contributed by atoms with van der Waals surface area (Å²) in [5.74, 6) is -0.329. The molecule has 0 fully saturated rings. The summed E-state index contributed by atoms with van der Waals surface area (Å²) < 4.78 is 91.7. The van der Waals surface area contributed by atoms with Crippen LogP contribution >= 0.6 is 0 Å². The van der Waals surface area contributed by atoms with Crippen molar-refractivity contribution in [2.24, 2.45) is 0 Å². The van der Waals surface area contributed by atoms with Crippen LogP contribution in [0, 0.1) is 0 Å². The summed E-state index contributed by atoms with van der Waals surface area (Å²) in [4.78, 5) is 0. The van der Waals surface area contributed by atoms with E-state index in [0.717, 1.165) is 34.4 Å². The summed E-state index contributed by atoms with van der Waals surface area (Å²) >= 11 is 0. The fraction of sp³-hybridized carbons (Fsp3) is 0.0625. The molecule has 5 aromatic rings. The molecule has 42 heavy (non-hydrogen) atoms. The molecule has 0 unspecified atom stereocenters. The van der Waals surface area contributed by atoms with E-state index in [-0.39, 0.29) is 34.4 Å². The van der Waals surface area contributed by atoms with Crippen LogP contribution in [0.4, 0.5) is 37.7 Å². The van der Waals surface area contributed by atoms with Crippen molar-refractivity contribution in [3.05, 3.63) is 120 Å². The van der Waals surface area contributed by atoms with Gasteiger partial charge in [-0.05, 0) is 82.9 Å². The minimum absolute atomic E-state index is 0.0301. The topological polar surface area (TPSA) is 70.5 Å². The van der Waals surface area contributed by atoms with Gasteiger partial charge in [0.15, 0.2) is 0 Å². The van der Waals surface area contributed by atoms with Crippen molar-refractivity contribution >= 4 is 11.4 Å². The van der Waals surface area contributed by atoms with Gasteiger partial charge in [0.2, 0.25) is 0 Å². The highest BCUT2D eigenvalue weighted by molar-refractivity contribution is 5.83. The van der Waals surface area contributed by atoms with Crippen molar-refractivity contribution in [2.75, 3.05) is 11.5 Å². The number of ether oxygens (including phenoxy) is 2. The zero-order valence-electron chi connectivity index (χ0n) is 21.6. The second-order valence-corrected chi connectivity index (χ2v) is 9.31. The lowest BCUT2D eigenvalue weighted by Crippen LogP contribution is -2.08. The Bertz CT molecular complexity index is 1590. The molecule has 0 atom stereocenters. The number of halogens is 6. The van der Waals surface area contributed by atoms with Gasteiger partial charge < -0.3 is 20.9 Å². The summed E-state index contributed by atoms with van der Waals surface area (Å²) in [7, 11) is 0. The van der Waals surface area contributed by atoms with Gasteiger partial charge >= 0.3 is 12.4 Å². The van der Waals surface area contributed by atoms with Gasteiger partial charge in [-0.3, -0.25) is 0 Å². The lowest BCUT2D eigenvalue weighted by atomic mass is 9.94. The lowest BCUT2D eigenvalue weighted by molar-refractivity contribution is -0.139. The number of nitrogen functional groups attached to an aromatic ring is 2. The molecule has 0 saturated carbocycles. The predicted molar refractivity (Wildman–Crippen MR) is 149 cm³/mol. The van der Waals surface area contributed by atoms with E-state index in [1.165, 1.54) is 24.3 Å². The van der Waals surface area contributed by atoms with Crippen LogP contribution in [0.2, 0.25) is 0 Å². The van der Waals surface area contributed by atoms with Crippen LogP contribution in [0.15, 0.2) is 109 Å². The maximum atomic E-state index is 13.4. The van der Waals surface area contributed by atoms with Crippen molar-refractivity contribution in [3.8, 4) is 45.3 Å². The minimum Gasteiger partial charge on any atom is -0.457 e. The van der Waals surface area contributed by atoms with E-state index in [1.54, 1.807) is 48.5 Å². The molecular formula is C32H22F6N2O2. The summed E-state index contributed by atoms with van der Waals surface area (Å²) in [5.41, 5.74) is 12.2. The molecule has 5 rings (SSSR count). The normalized spacial score (nSPS) is 11.8. The fourth-order valence-electron chi connectivity index (χ4n) is 4.36. The van der Waals surface area contributed by atoms with E-state index in [2.05, 4.69) is 0 Å². The first-order valence-corrected chi connectivity index (χ1v) is 12.5. The number of benzene rings is 5. The number of nitrogens with two attached hydrogens (primary N) is 2. The van der Waals surface area contributed by atoms with E-state index >= 15 is 0 Å². The molecule has 0 aliphatic rings. The van der Waals surface area contributed by atoms with E-state index in [0.29, 0.717) is 0 Å². The average molecular weight is 581 g/mol. The third-order valence-corrected chi connectivity index (χ3v) is 6.33. The van der Waals surface area contributed by atoms with Crippen molar-refractivity contribution in [1.82, 2.24) is 0 Å². The van der Waals surface area contributed by atoms with Crippen LogP contribution in [-0.4, -0.2) is 0 Å². The van der Waals surface area contributed by atoms with E-state index in [1.807, 2.05) is 24.3 Å². The molecule has 0 amide bonds. The Balaban J connectivity index is 1.38. The Morgan fingerprint density at radius 2 is 0.810 bits per heavy atom. The third kappa shape index (κ3) is 6.27. The molecule has 10 heteroatoms. The highest BCUT2D eigenvalue weighted by Crippen LogP contribution is 2.41. The molecule has 4 nitrogen and oxygen atoms in total. The molecule has 0 heterocycles. The minimum atomic E-state index is -4.64. The Morgan fingerprint density at radius 1 is 0.452 bits per heavy atom. The van der Waals surface area contributed by atoms with Gasteiger partial charge in [0.05, 0.1) is 0 Å². The summed E-state index contributed by atoms with van der Waals surface area (Å²) in [6.07, 6.45) is -9.28. The predicted octanol–water partition coefficient (Wildman–Crippen LogP) is 9.81. The standard InChI is InChI=1S/C32H22F6N2O2/c33-31(34,35)27-17-21(39)9-15-29(27)41-23-11-5-19(6-12-23)25-3-1-2-4-26(25)20-7-13-24(14-8-20)42-30-16-10-22(40)18-28(30)32(36,37)38/h1-18H,39-40H2. The first-order valence-electron chi connectivity index (χ1n) is 12.5. The van der Waals surface area contributed by atoms with Gasteiger partial charge in [-0.1, -0.05) is 48.5 Å². The molecular weight excluding hydrogens is 558 g/mol. The van der Waals surface area contributed by atoms with E-state index < -0.39 is 23.5 Å². The number of rotatable bonds is 6. The van der Waals surface area contributed by atoms with Crippen LogP contribution in [0.1, 0.15) is 11.1 Å². The van der Waals surface area contributed by atoms with Gasteiger partial charge in [0.1, 0.15) is 34.1 Å². The van der Waals surface area contributed by atoms with Gasteiger partial charge in [-0.15, -0.1) is 0 Å². The molecule has 0 saturated heterocycles. The van der Waals surface area contributed by atoms with Gasteiger partial charge in [-0.25, -0.2) is 0 Å². The van der Waals surface area contributed by atoms with Crippen LogP contribution in [0.5, 0.6) is 23.0 Å². The van der Waals surface area contributed by atoms with Gasteiger partial charge in [0.25, 0.3) is 0 Å². The quantitative estimate of drug-likeness (QED) is 0.155. The van der Waals surface area contributed by atoms with Crippen molar-refractivity contribution in [2.45, 2.75) is 12.4 Å². The second-order valence-electron chi connectivity index (χ2n) is 9.31. The number of hydrogen-bond donors (Lipinski definition) is 2. The summed E-state index contributed by atoms with van der Waals surface area (Å²) in [5, 5.41) is 0. The van der Waals surface area contributed by atoms with Crippen LogP contribution < -0.4 is 20.9 Å². The highest BCUT2D eigenvalue weighted by Gasteiger charge is 2.35. The first-order chi connectivity index (χ1) is 19.9. The van der Waals surface area contributed by atoms with Crippen molar-refractivity contribution in [1.29, 1.82) is 0 Å². The third-order valence-electron chi connectivity index (χ3n) is 6.33. The molecule has 0 bridgehead atoms. The highest BCUT2D eigenvalue weighted by atomic mass is 19.4. The molecule has 0 aliphatic heterocycles. The van der Waals surface area contributed by atoms with Crippen LogP contribution in [-0.2, 0) is 12.4 Å².